The Morgan fingerprint density at radius 2 is 2.38 bits per heavy atom. The molecular weight excluding hydrogens is 224 g/mol. The number of hydrogen-bond acceptors (Lipinski definition) is 3. The standard InChI is InChI=1S/C10H16N4OS/c1-6(4-9(11)16)12-10(15)8-5-14(3)13-7(8)2/h5-6H,4H2,1-3H3,(H2,11,16)(H,12,15). The van der Waals surface area contributed by atoms with Crippen molar-refractivity contribution in [2.24, 2.45) is 12.8 Å². The Hall–Kier alpha value is -1.43. The van der Waals surface area contributed by atoms with E-state index in [1.807, 2.05) is 6.92 Å². The highest BCUT2D eigenvalue weighted by Crippen LogP contribution is 2.05. The molecule has 0 saturated carbocycles. The van der Waals surface area contributed by atoms with Crippen molar-refractivity contribution in [1.82, 2.24) is 15.1 Å². The highest BCUT2D eigenvalue weighted by atomic mass is 32.1. The number of carbonyl (C=O) groups is 1. The molecule has 0 aliphatic rings. The molecule has 6 heteroatoms. The van der Waals surface area contributed by atoms with Crippen LogP contribution < -0.4 is 11.1 Å². The Balaban J connectivity index is 2.65. The Labute approximate surface area is 100 Å². The van der Waals surface area contributed by atoms with Gasteiger partial charge in [0.05, 0.1) is 16.2 Å². The molecule has 16 heavy (non-hydrogen) atoms. The maximum atomic E-state index is 11.8. The summed E-state index contributed by atoms with van der Waals surface area (Å²) in [4.78, 5) is 12.2. The van der Waals surface area contributed by atoms with Gasteiger partial charge in [-0.15, -0.1) is 0 Å². The topological polar surface area (TPSA) is 72.9 Å². The zero-order valence-electron chi connectivity index (χ0n) is 9.65. The third-order valence-corrected chi connectivity index (χ3v) is 2.31. The second-order valence-corrected chi connectivity index (χ2v) is 4.37. The molecule has 0 fully saturated rings. The largest absolute Gasteiger partial charge is 0.393 e. The number of nitrogens with one attached hydrogen (secondary N) is 1. The Morgan fingerprint density at radius 3 is 2.81 bits per heavy atom. The molecule has 0 bridgehead atoms. The maximum absolute atomic E-state index is 11.8. The lowest BCUT2D eigenvalue weighted by Gasteiger charge is -2.12. The van der Waals surface area contributed by atoms with Crippen LogP contribution in [0, 0.1) is 6.92 Å². The molecule has 1 aromatic heterocycles. The van der Waals surface area contributed by atoms with Gasteiger partial charge in [-0.1, -0.05) is 12.2 Å². The summed E-state index contributed by atoms with van der Waals surface area (Å²) < 4.78 is 1.61. The van der Waals surface area contributed by atoms with Crippen LogP contribution in [0.3, 0.4) is 0 Å². The predicted molar refractivity (Wildman–Crippen MR) is 66.3 cm³/mol. The van der Waals surface area contributed by atoms with Crippen molar-refractivity contribution in [3.63, 3.8) is 0 Å². The van der Waals surface area contributed by atoms with Crippen LogP contribution in [0.1, 0.15) is 29.4 Å². The van der Waals surface area contributed by atoms with Gasteiger partial charge in [0.2, 0.25) is 0 Å². The summed E-state index contributed by atoms with van der Waals surface area (Å²) in [7, 11) is 1.78. The van der Waals surface area contributed by atoms with Crippen molar-refractivity contribution in [3.05, 3.63) is 17.5 Å². The molecule has 0 spiro atoms. The van der Waals surface area contributed by atoms with E-state index in [-0.39, 0.29) is 11.9 Å². The summed E-state index contributed by atoms with van der Waals surface area (Å²) >= 11 is 4.78. The normalized spacial score (nSPS) is 12.2. The molecule has 1 aromatic rings. The van der Waals surface area contributed by atoms with Crippen molar-refractivity contribution in [2.45, 2.75) is 26.3 Å². The fraction of sp³-hybridized carbons (Fsp3) is 0.500. The fourth-order valence-electron chi connectivity index (χ4n) is 1.48. The van der Waals surface area contributed by atoms with E-state index in [4.69, 9.17) is 18.0 Å². The van der Waals surface area contributed by atoms with Crippen LogP contribution in [-0.2, 0) is 7.05 Å². The number of amides is 1. The van der Waals surface area contributed by atoms with Crippen LogP contribution in [0.4, 0.5) is 0 Å². The van der Waals surface area contributed by atoms with Crippen molar-refractivity contribution in [2.75, 3.05) is 0 Å². The average Bonchev–Trinajstić information content (AvgIpc) is 2.43. The van der Waals surface area contributed by atoms with Gasteiger partial charge in [-0.2, -0.15) is 5.10 Å². The number of aromatic nitrogens is 2. The van der Waals surface area contributed by atoms with Crippen LogP contribution in [0.15, 0.2) is 6.20 Å². The molecule has 0 aromatic carbocycles. The molecule has 3 N–H and O–H groups in total. The van der Waals surface area contributed by atoms with Crippen LogP contribution in [0.2, 0.25) is 0 Å². The van der Waals surface area contributed by atoms with Gasteiger partial charge in [0.1, 0.15) is 0 Å². The summed E-state index contributed by atoms with van der Waals surface area (Å²) in [6.45, 7) is 3.66. The first kappa shape index (κ1) is 12.6. The number of aryl methyl sites for hydroxylation is 2. The predicted octanol–water partition coefficient (Wildman–Crippen LogP) is 0.523. The highest BCUT2D eigenvalue weighted by Gasteiger charge is 2.14. The summed E-state index contributed by atoms with van der Waals surface area (Å²) in [5.41, 5.74) is 6.70. The fourth-order valence-corrected chi connectivity index (χ4v) is 1.73. The lowest BCUT2D eigenvalue weighted by atomic mass is 10.2. The van der Waals surface area contributed by atoms with Crippen molar-refractivity contribution in [3.8, 4) is 0 Å². The third-order valence-electron chi connectivity index (χ3n) is 2.14. The van der Waals surface area contributed by atoms with E-state index in [0.29, 0.717) is 22.7 Å². The van der Waals surface area contributed by atoms with E-state index in [0.717, 1.165) is 0 Å². The number of nitrogens with zero attached hydrogens (tertiary/aromatic N) is 2. The van der Waals surface area contributed by atoms with E-state index in [2.05, 4.69) is 10.4 Å². The molecule has 0 radical (unpaired) electrons. The molecule has 5 nitrogen and oxygen atoms in total. The van der Waals surface area contributed by atoms with Gasteiger partial charge in [-0.25, -0.2) is 0 Å². The molecule has 0 saturated heterocycles. The Bertz CT molecular complexity index is 413. The van der Waals surface area contributed by atoms with Crippen LogP contribution in [0.5, 0.6) is 0 Å². The van der Waals surface area contributed by atoms with Gasteiger partial charge in [0.15, 0.2) is 0 Å². The summed E-state index contributed by atoms with van der Waals surface area (Å²) in [6, 6.07) is -0.0652. The molecule has 1 rings (SSSR count). The molecule has 0 aliphatic heterocycles. The Kier molecular flexibility index (Phi) is 4.00. The number of rotatable bonds is 4. The molecule has 1 atom stereocenters. The van der Waals surface area contributed by atoms with Crippen molar-refractivity contribution >= 4 is 23.1 Å². The molecule has 0 aliphatic carbocycles. The number of carbonyl (C=O) groups excluding carboxylic acids is 1. The van der Waals surface area contributed by atoms with Gasteiger partial charge in [0, 0.05) is 25.7 Å². The average molecular weight is 240 g/mol. The first-order valence-corrected chi connectivity index (χ1v) is 5.40. The quantitative estimate of drug-likeness (QED) is 0.753. The van der Waals surface area contributed by atoms with Crippen LogP contribution in [-0.4, -0.2) is 26.7 Å². The van der Waals surface area contributed by atoms with E-state index < -0.39 is 0 Å². The van der Waals surface area contributed by atoms with Crippen molar-refractivity contribution in [1.29, 1.82) is 0 Å². The second-order valence-electron chi connectivity index (χ2n) is 3.85. The summed E-state index contributed by atoms with van der Waals surface area (Å²) in [6.07, 6.45) is 2.19. The number of thiocarbonyl (C=S) groups is 1. The SMILES string of the molecule is Cc1nn(C)cc1C(=O)NC(C)CC(N)=S. The van der Waals surface area contributed by atoms with Gasteiger partial charge in [-0.3, -0.25) is 9.48 Å². The maximum Gasteiger partial charge on any atom is 0.254 e. The van der Waals surface area contributed by atoms with Crippen molar-refractivity contribution < 1.29 is 4.79 Å². The zero-order valence-corrected chi connectivity index (χ0v) is 10.5. The molecular formula is C10H16N4OS. The van der Waals surface area contributed by atoms with Crippen LogP contribution in [0.25, 0.3) is 0 Å². The van der Waals surface area contributed by atoms with Gasteiger partial charge in [-0.05, 0) is 13.8 Å². The molecule has 88 valence electrons. The summed E-state index contributed by atoms with van der Waals surface area (Å²) in [5.74, 6) is -0.144. The molecule has 1 heterocycles. The first-order chi connectivity index (χ1) is 7.40. The second kappa shape index (κ2) is 5.07. The smallest absolute Gasteiger partial charge is 0.254 e. The van der Waals surface area contributed by atoms with Gasteiger partial charge in [0.25, 0.3) is 5.91 Å². The minimum atomic E-state index is -0.144. The van der Waals surface area contributed by atoms with Gasteiger partial charge < -0.3 is 11.1 Å². The Morgan fingerprint density at radius 1 is 1.75 bits per heavy atom. The van der Waals surface area contributed by atoms with Crippen LogP contribution >= 0.6 is 12.2 Å². The summed E-state index contributed by atoms with van der Waals surface area (Å²) in [5, 5.41) is 6.93. The number of hydrogen-bond donors (Lipinski definition) is 2. The third kappa shape index (κ3) is 3.30. The van der Waals surface area contributed by atoms with E-state index in [1.165, 1.54) is 0 Å². The lowest BCUT2D eigenvalue weighted by Crippen LogP contribution is -2.35. The molecule has 1 amide bonds. The lowest BCUT2D eigenvalue weighted by molar-refractivity contribution is 0.0940. The van der Waals surface area contributed by atoms with E-state index >= 15 is 0 Å². The first-order valence-electron chi connectivity index (χ1n) is 4.99. The molecule has 1 unspecified atom stereocenters. The number of nitrogens with two attached hydrogens (primary N) is 1. The minimum Gasteiger partial charge on any atom is -0.393 e. The van der Waals surface area contributed by atoms with E-state index in [1.54, 1.807) is 24.9 Å². The highest BCUT2D eigenvalue weighted by molar-refractivity contribution is 7.80. The zero-order chi connectivity index (χ0) is 12.3. The monoisotopic (exact) mass is 240 g/mol. The van der Waals surface area contributed by atoms with E-state index in [9.17, 15) is 4.79 Å². The van der Waals surface area contributed by atoms with Gasteiger partial charge >= 0.3 is 0 Å². The minimum absolute atomic E-state index is 0.0652.